The predicted octanol–water partition coefficient (Wildman–Crippen LogP) is 3.73. The van der Waals surface area contributed by atoms with Gasteiger partial charge in [0.25, 0.3) is 0 Å². The minimum absolute atomic E-state index is 0.163. The third-order valence-electron chi connectivity index (χ3n) is 3.41. The summed E-state index contributed by atoms with van der Waals surface area (Å²) in [6, 6.07) is 11.8. The third kappa shape index (κ3) is 6.96. The molecule has 4 nitrogen and oxygen atoms in total. The number of aromatic nitrogens is 1. The summed E-state index contributed by atoms with van der Waals surface area (Å²) >= 11 is 0. The number of carbonyl (C=O) groups excluding carboxylic acids is 1. The van der Waals surface area contributed by atoms with Gasteiger partial charge in [0.2, 0.25) is 0 Å². The van der Waals surface area contributed by atoms with Gasteiger partial charge in [0.05, 0.1) is 13.2 Å². The van der Waals surface area contributed by atoms with Crippen LogP contribution in [0, 0.1) is 6.92 Å². The number of hydrogen-bond acceptors (Lipinski definition) is 4. The van der Waals surface area contributed by atoms with Crippen LogP contribution >= 0.6 is 0 Å². The van der Waals surface area contributed by atoms with Crippen LogP contribution in [0.4, 0.5) is 0 Å². The van der Waals surface area contributed by atoms with E-state index < -0.39 is 0 Å². The van der Waals surface area contributed by atoms with Gasteiger partial charge in [-0.2, -0.15) is 0 Å². The van der Waals surface area contributed by atoms with Crippen LogP contribution < -0.4 is 4.74 Å². The normalized spacial score (nSPS) is 10.3. The average Bonchev–Trinajstić information content (AvgIpc) is 2.58. The van der Waals surface area contributed by atoms with Gasteiger partial charge in [0.1, 0.15) is 5.75 Å². The Bertz CT molecular complexity index is 581. The monoisotopic (exact) mass is 313 g/mol. The molecule has 1 aromatic heterocycles. The first-order valence-electron chi connectivity index (χ1n) is 7.98. The molecule has 0 bridgehead atoms. The Kier molecular flexibility index (Phi) is 7.11. The minimum Gasteiger partial charge on any atom is -0.494 e. The van der Waals surface area contributed by atoms with Crippen molar-refractivity contribution in [2.75, 3.05) is 13.2 Å². The maximum atomic E-state index is 11.6. The molecule has 2 rings (SSSR count). The van der Waals surface area contributed by atoms with E-state index in [0.717, 1.165) is 24.2 Å². The van der Waals surface area contributed by atoms with Crippen LogP contribution in [-0.2, 0) is 16.0 Å². The number of hydrogen-bond donors (Lipinski definition) is 0. The van der Waals surface area contributed by atoms with Crippen LogP contribution in [0.5, 0.6) is 5.75 Å². The Morgan fingerprint density at radius 2 is 1.91 bits per heavy atom. The molecule has 0 aliphatic heterocycles. The van der Waals surface area contributed by atoms with Gasteiger partial charge < -0.3 is 9.47 Å². The highest BCUT2D eigenvalue weighted by Gasteiger charge is 2.03. The highest BCUT2D eigenvalue weighted by atomic mass is 16.5. The van der Waals surface area contributed by atoms with Crippen molar-refractivity contribution >= 4 is 5.97 Å². The van der Waals surface area contributed by atoms with Gasteiger partial charge in [-0.25, -0.2) is 0 Å². The predicted molar refractivity (Wildman–Crippen MR) is 89.4 cm³/mol. The zero-order valence-corrected chi connectivity index (χ0v) is 13.5. The lowest BCUT2D eigenvalue weighted by molar-refractivity contribution is -0.144. The third-order valence-corrected chi connectivity index (χ3v) is 3.41. The first-order valence-corrected chi connectivity index (χ1v) is 7.98. The molecule has 0 N–H and O–H groups in total. The van der Waals surface area contributed by atoms with E-state index in [9.17, 15) is 4.79 Å². The molecule has 0 aliphatic rings. The van der Waals surface area contributed by atoms with Gasteiger partial charge in [-0.15, -0.1) is 0 Å². The molecule has 0 amide bonds. The lowest BCUT2D eigenvalue weighted by Gasteiger charge is -2.07. The minimum atomic E-state index is -0.163. The molecule has 122 valence electrons. The summed E-state index contributed by atoms with van der Waals surface area (Å²) in [5, 5.41) is 0. The molecule has 23 heavy (non-hydrogen) atoms. The number of nitrogens with zero attached hydrogens (tertiary/aromatic N) is 1. The van der Waals surface area contributed by atoms with Crippen molar-refractivity contribution in [2.24, 2.45) is 0 Å². The van der Waals surface area contributed by atoms with Crippen molar-refractivity contribution in [1.82, 2.24) is 4.98 Å². The number of aryl methyl sites for hydroxylation is 2. The molecule has 0 unspecified atom stereocenters. The molecular formula is C19H23NO3. The van der Waals surface area contributed by atoms with Gasteiger partial charge in [0.15, 0.2) is 0 Å². The number of esters is 1. The molecule has 0 radical (unpaired) electrons. The maximum absolute atomic E-state index is 11.6. The summed E-state index contributed by atoms with van der Waals surface area (Å²) in [5.41, 5.74) is 2.36. The van der Waals surface area contributed by atoms with Crippen molar-refractivity contribution in [1.29, 1.82) is 0 Å². The van der Waals surface area contributed by atoms with Crippen LogP contribution in [0.15, 0.2) is 48.8 Å². The van der Waals surface area contributed by atoms with E-state index in [-0.39, 0.29) is 5.97 Å². The van der Waals surface area contributed by atoms with Gasteiger partial charge in [-0.1, -0.05) is 23.8 Å². The van der Waals surface area contributed by atoms with E-state index in [1.807, 2.05) is 49.5 Å². The summed E-state index contributed by atoms with van der Waals surface area (Å²) in [7, 11) is 0. The van der Waals surface area contributed by atoms with Crippen molar-refractivity contribution in [3.05, 3.63) is 59.9 Å². The Balaban J connectivity index is 1.51. The maximum Gasteiger partial charge on any atom is 0.305 e. The standard InChI is InChI=1S/C19H23NO3/c1-16-8-10-18(11-9-16)22-13-4-7-19(21)23-14-3-6-17-5-2-12-20-15-17/h2,5,8-12,15H,3-4,6-7,13-14H2,1H3. The molecule has 0 aliphatic carbocycles. The van der Waals surface area contributed by atoms with Crippen LogP contribution in [0.2, 0.25) is 0 Å². The molecule has 0 saturated heterocycles. The van der Waals surface area contributed by atoms with Crippen LogP contribution in [0.3, 0.4) is 0 Å². The summed E-state index contributed by atoms with van der Waals surface area (Å²) in [6.07, 6.45) is 6.33. The van der Waals surface area contributed by atoms with Gasteiger partial charge in [-0.3, -0.25) is 9.78 Å². The van der Waals surface area contributed by atoms with E-state index >= 15 is 0 Å². The number of benzene rings is 1. The second-order valence-corrected chi connectivity index (χ2v) is 5.45. The zero-order valence-electron chi connectivity index (χ0n) is 13.5. The Hall–Kier alpha value is -2.36. The second kappa shape index (κ2) is 9.62. The quantitative estimate of drug-likeness (QED) is 0.523. The highest BCUT2D eigenvalue weighted by Crippen LogP contribution is 2.11. The highest BCUT2D eigenvalue weighted by molar-refractivity contribution is 5.69. The molecule has 0 atom stereocenters. The Labute approximate surface area is 137 Å². The molecule has 1 aromatic carbocycles. The van der Waals surface area contributed by atoms with Crippen LogP contribution in [-0.4, -0.2) is 24.2 Å². The lowest BCUT2D eigenvalue weighted by atomic mass is 10.2. The zero-order chi connectivity index (χ0) is 16.3. The van der Waals surface area contributed by atoms with E-state index in [0.29, 0.717) is 26.1 Å². The van der Waals surface area contributed by atoms with Crippen LogP contribution in [0.1, 0.15) is 30.4 Å². The fourth-order valence-electron chi connectivity index (χ4n) is 2.12. The van der Waals surface area contributed by atoms with Crippen molar-refractivity contribution in [3.8, 4) is 5.75 Å². The fourth-order valence-corrected chi connectivity index (χ4v) is 2.12. The molecule has 0 spiro atoms. The number of ether oxygens (including phenoxy) is 2. The fraction of sp³-hybridized carbons (Fsp3) is 0.368. The van der Waals surface area contributed by atoms with E-state index in [2.05, 4.69) is 4.98 Å². The summed E-state index contributed by atoms with van der Waals surface area (Å²) in [6.45, 7) is 3.01. The summed E-state index contributed by atoms with van der Waals surface area (Å²) in [5.74, 6) is 0.670. The van der Waals surface area contributed by atoms with E-state index in [1.54, 1.807) is 6.20 Å². The number of rotatable bonds is 9. The van der Waals surface area contributed by atoms with Gasteiger partial charge in [-0.05, 0) is 49.9 Å². The van der Waals surface area contributed by atoms with E-state index in [1.165, 1.54) is 5.56 Å². The average molecular weight is 313 g/mol. The first kappa shape index (κ1) is 17.0. The topological polar surface area (TPSA) is 48.4 Å². The number of carbonyl (C=O) groups is 1. The molecule has 0 saturated carbocycles. The smallest absolute Gasteiger partial charge is 0.305 e. The molecule has 4 heteroatoms. The molecular weight excluding hydrogens is 290 g/mol. The molecule has 1 heterocycles. The number of pyridine rings is 1. The lowest BCUT2D eigenvalue weighted by Crippen LogP contribution is -2.08. The largest absolute Gasteiger partial charge is 0.494 e. The molecule has 0 fully saturated rings. The van der Waals surface area contributed by atoms with Gasteiger partial charge >= 0.3 is 5.97 Å². The Morgan fingerprint density at radius 3 is 2.65 bits per heavy atom. The first-order chi connectivity index (χ1) is 11.2. The second-order valence-electron chi connectivity index (χ2n) is 5.45. The van der Waals surface area contributed by atoms with Crippen molar-refractivity contribution in [3.63, 3.8) is 0 Å². The summed E-state index contributed by atoms with van der Waals surface area (Å²) in [4.78, 5) is 15.7. The van der Waals surface area contributed by atoms with Crippen molar-refractivity contribution in [2.45, 2.75) is 32.6 Å². The van der Waals surface area contributed by atoms with E-state index in [4.69, 9.17) is 9.47 Å². The molecule has 2 aromatic rings. The SMILES string of the molecule is Cc1ccc(OCCCC(=O)OCCCc2cccnc2)cc1. The Morgan fingerprint density at radius 1 is 1.09 bits per heavy atom. The van der Waals surface area contributed by atoms with Crippen LogP contribution in [0.25, 0.3) is 0 Å². The van der Waals surface area contributed by atoms with Crippen molar-refractivity contribution < 1.29 is 14.3 Å². The summed E-state index contributed by atoms with van der Waals surface area (Å²) < 4.78 is 10.8. The van der Waals surface area contributed by atoms with Gasteiger partial charge in [0, 0.05) is 18.8 Å².